The van der Waals surface area contributed by atoms with Crippen molar-refractivity contribution in [2.75, 3.05) is 11.9 Å². The first-order valence-electron chi connectivity index (χ1n) is 10.6. The Hall–Kier alpha value is -1.96. The van der Waals surface area contributed by atoms with E-state index in [9.17, 15) is 14.4 Å². The average Bonchev–Trinajstić information content (AvgIpc) is 3.12. The highest BCUT2D eigenvalue weighted by molar-refractivity contribution is 7.13. The van der Waals surface area contributed by atoms with Crippen LogP contribution in [0.25, 0.3) is 0 Å². The summed E-state index contributed by atoms with van der Waals surface area (Å²) in [6.45, 7) is 7.87. The van der Waals surface area contributed by atoms with Gasteiger partial charge in [-0.1, -0.05) is 26.2 Å². The van der Waals surface area contributed by atoms with Gasteiger partial charge in [0, 0.05) is 23.4 Å². The summed E-state index contributed by atoms with van der Waals surface area (Å²) in [6.07, 6.45) is 6.25. The van der Waals surface area contributed by atoms with Gasteiger partial charge in [-0.15, -0.1) is 11.3 Å². The van der Waals surface area contributed by atoms with Crippen molar-refractivity contribution in [3.05, 3.63) is 11.1 Å². The van der Waals surface area contributed by atoms with Gasteiger partial charge in [-0.05, 0) is 40.0 Å². The molecule has 8 heteroatoms. The van der Waals surface area contributed by atoms with Gasteiger partial charge in [0.05, 0.1) is 12.1 Å². The molecule has 1 aliphatic rings. The number of carbonyl (C=O) groups excluding carboxylic acids is 3. The summed E-state index contributed by atoms with van der Waals surface area (Å²) in [7, 11) is 0. The summed E-state index contributed by atoms with van der Waals surface area (Å²) in [5.74, 6) is -0.217. The molecule has 1 aromatic rings. The van der Waals surface area contributed by atoms with Crippen LogP contribution in [0, 0.1) is 5.92 Å². The Morgan fingerprint density at radius 2 is 1.86 bits per heavy atom. The SMILES string of the molecule is CCC(C)NC(=O)Cc1csc(NC(=O)CN(C(=O)C2CCCCC2)C(C)C)n1. The van der Waals surface area contributed by atoms with E-state index in [4.69, 9.17) is 0 Å². The maximum atomic E-state index is 12.9. The van der Waals surface area contributed by atoms with Crippen molar-refractivity contribution in [3.63, 3.8) is 0 Å². The van der Waals surface area contributed by atoms with Gasteiger partial charge in [0.25, 0.3) is 0 Å². The third-order valence-electron chi connectivity index (χ3n) is 5.33. The van der Waals surface area contributed by atoms with E-state index in [2.05, 4.69) is 15.6 Å². The normalized spacial score (nSPS) is 15.8. The molecule has 1 atom stereocenters. The number of anilines is 1. The number of aromatic nitrogens is 1. The van der Waals surface area contributed by atoms with Crippen molar-refractivity contribution in [2.45, 2.75) is 84.7 Å². The maximum Gasteiger partial charge on any atom is 0.245 e. The van der Waals surface area contributed by atoms with Crippen molar-refractivity contribution in [1.82, 2.24) is 15.2 Å². The molecule has 0 saturated heterocycles. The third-order valence-corrected chi connectivity index (χ3v) is 6.14. The zero-order valence-electron chi connectivity index (χ0n) is 18.0. The minimum Gasteiger partial charge on any atom is -0.353 e. The number of carbonyl (C=O) groups is 3. The average molecular weight is 423 g/mol. The summed E-state index contributed by atoms with van der Waals surface area (Å²) in [6, 6.07) is 0.0929. The van der Waals surface area contributed by atoms with Crippen LogP contribution in [-0.2, 0) is 20.8 Å². The van der Waals surface area contributed by atoms with Crippen LogP contribution in [0.15, 0.2) is 5.38 Å². The largest absolute Gasteiger partial charge is 0.353 e. The lowest BCUT2D eigenvalue weighted by Crippen LogP contribution is -2.45. The Morgan fingerprint density at radius 1 is 1.17 bits per heavy atom. The Morgan fingerprint density at radius 3 is 2.48 bits per heavy atom. The van der Waals surface area contributed by atoms with Crippen molar-refractivity contribution in [1.29, 1.82) is 0 Å². The van der Waals surface area contributed by atoms with E-state index in [1.54, 1.807) is 10.3 Å². The van der Waals surface area contributed by atoms with Gasteiger partial charge in [0.1, 0.15) is 6.54 Å². The first kappa shape index (κ1) is 23.3. The van der Waals surface area contributed by atoms with Gasteiger partial charge in [0.2, 0.25) is 17.7 Å². The minimum atomic E-state index is -0.257. The fourth-order valence-corrected chi connectivity index (χ4v) is 4.18. The molecule has 0 spiro atoms. The zero-order valence-corrected chi connectivity index (χ0v) is 18.8. The lowest BCUT2D eigenvalue weighted by atomic mass is 9.88. The molecule has 0 radical (unpaired) electrons. The first-order chi connectivity index (χ1) is 13.8. The molecule has 1 unspecified atom stereocenters. The number of thiazole rings is 1. The van der Waals surface area contributed by atoms with E-state index >= 15 is 0 Å². The number of rotatable bonds is 9. The predicted octanol–water partition coefficient (Wildman–Crippen LogP) is 3.36. The molecule has 1 aliphatic carbocycles. The molecule has 0 aromatic carbocycles. The zero-order chi connectivity index (χ0) is 21.4. The molecule has 1 aromatic heterocycles. The molecule has 162 valence electrons. The Kier molecular flexibility index (Phi) is 9.07. The van der Waals surface area contributed by atoms with Crippen molar-refractivity contribution < 1.29 is 14.4 Å². The van der Waals surface area contributed by atoms with E-state index in [-0.39, 0.29) is 48.7 Å². The number of hydrogen-bond acceptors (Lipinski definition) is 5. The summed E-state index contributed by atoms with van der Waals surface area (Å²) in [5, 5.41) is 7.91. The molecular weight excluding hydrogens is 388 g/mol. The lowest BCUT2D eigenvalue weighted by Gasteiger charge is -2.31. The summed E-state index contributed by atoms with van der Waals surface area (Å²) < 4.78 is 0. The lowest BCUT2D eigenvalue weighted by molar-refractivity contribution is -0.141. The maximum absolute atomic E-state index is 12.9. The second-order valence-corrected chi connectivity index (χ2v) is 9.00. The second kappa shape index (κ2) is 11.3. The van der Waals surface area contributed by atoms with Crippen molar-refractivity contribution in [3.8, 4) is 0 Å². The summed E-state index contributed by atoms with van der Waals surface area (Å²) in [5.41, 5.74) is 0.630. The molecule has 1 heterocycles. The Labute approximate surface area is 177 Å². The van der Waals surface area contributed by atoms with Gasteiger partial charge < -0.3 is 15.5 Å². The number of hydrogen-bond donors (Lipinski definition) is 2. The number of amides is 3. The van der Waals surface area contributed by atoms with Crippen LogP contribution in [-0.4, -0.2) is 46.2 Å². The van der Waals surface area contributed by atoms with E-state index in [1.165, 1.54) is 17.8 Å². The fourth-order valence-electron chi connectivity index (χ4n) is 3.45. The van der Waals surface area contributed by atoms with Crippen LogP contribution < -0.4 is 10.6 Å². The topological polar surface area (TPSA) is 91.4 Å². The van der Waals surface area contributed by atoms with Crippen LogP contribution >= 0.6 is 11.3 Å². The molecule has 0 bridgehead atoms. The quantitative estimate of drug-likeness (QED) is 0.638. The molecule has 1 fully saturated rings. The van der Waals surface area contributed by atoms with Gasteiger partial charge in [-0.3, -0.25) is 14.4 Å². The summed E-state index contributed by atoms with van der Waals surface area (Å²) in [4.78, 5) is 43.3. The molecule has 7 nitrogen and oxygen atoms in total. The highest BCUT2D eigenvalue weighted by Crippen LogP contribution is 2.26. The van der Waals surface area contributed by atoms with Gasteiger partial charge in [0.15, 0.2) is 5.13 Å². The Balaban J connectivity index is 1.89. The highest BCUT2D eigenvalue weighted by atomic mass is 32.1. The molecular formula is C21H34N4O3S. The van der Waals surface area contributed by atoms with E-state index < -0.39 is 0 Å². The minimum absolute atomic E-state index is 0.0242. The number of nitrogens with zero attached hydrogens (tertiary/aromatic N) is 2. The number of nitrogens with one attached hydrogen (secondary N) is 2. The van der Waals surface area contributed by atoms with Gasteiger partial charge in [-0.2, -0.15) is 0 Å². The molecule has 0 aliphatic heterocycles. The van der Waals surface area contributed by atoms with Crippen LogP contribution in [0.2, 0.25) is 0 Å². The molecule has 1 saturated carbocycles. The molecule has 2 N–H and O–H groups in total. The van der Waals surface area contributed by atoms with Crippen molar-refractivity contribution in [2.24, 2.45) is 5.92 Å². The van der Waals surface area contributed by atoms with E-state index in [0.717, 1.165) is 32.1 Å². The van der Waals surface area contributed by atoms with Gasteiger partial charge in [-0.25, -0.2) is 4.98 Å². The fraction of sp³-hybridized carbons (Fsp3) is 0.714. The first-order valence-corrected chi connectivity index (χ1v) is 11.5. The smallest absolute Gasteiger partial charge is 0.245 e. The van der Waals surface area contributed by atoms with Crippen LogP contribution in [0.3, 0.4) is 0 Å². The van der Waals surface area contributed by atoms with Crippen LogP contribution in [0.1, 0.15) is 71.9 Å². The third kappa shape index (κ3) is 7.42. The summed E-state index contributed by atoms with van der Waals surface area (Å²) >= 11 is 1.29. The van der Waals surface area contributed by atoms with Gasteiger partial charge >= 0.3 is 0 Å². The van der Waals surface area contributed by atoms with E-state index in [1.807, 2.05) is 27.7 Å². The monoisotopic (exact) mass is 422 g/mol. The second-order valence-electron chi connectivity index (χ2n) is 8.14. The molecule has 2 rings (SSSR count). The standard InChI is InChI=1S/C21H34N4O3S/c1-5-15(4)22-18(26)11-17-13-29-21(23-17)24-19(27)12-25(14(2)3)20(28)16-9-7-6-8-10-16/h13-16H,5-12H2,1-4H3,(H,22,26)(H,23,24,27). The van der Waals surface area contributed by atoms with Crippen molar-refractivity contribution >= 4 is 34.2 Å². The highest BCUT2D eigenvalue weighted by Gasteiger charge is 2.29. The van der Waals surface area contributed by atoms with Crippen LogP contribution in [0.5, 0.6) is 0 Å². The van der Waals surface area contributed by atoms with E-state index in [0.29, 0.717) is 10.8 Å². The molecule has 29 heavy (non-hydrogen) atoms. The Bertz CT molecular complexity index is 698. The molecule has 3 amide bonds. The van der Waals surface area contributed by atoms with Crippen LogP contribution in [0.4, 0.5) is 5.13 Å². The predicted molar refractivity (Wildman–Crippen MR) is 116 cm³/mol.